The molecule has 0 unspecified atom stereocenters. The molecule has 0 N–H and O–H groups in total. The first-order valence-electron chi connectivity index (χ1n) is 5.60. The van der Waals surface area contributed by atoms with Crippen LogP contribution in [0.5, 0.6) is 0 Å². The van der Waals surface area contributed by atoms with Crippen molar-refractivity contribution in [3.8, 4) is 11.1 Å². The molecule has 0 aromatic heterocycles. The molecular formula is C14H9N3O. The third-order valence-corrected chi connectivity index (χ3v) is 3.18. The minimum absolute atomic E-state index is 0.444. The molecule has 1 aliphatic rings. The van der Waals surface area contributed by atoms with Gasteiger partial charge in [0.15, 0.2) is 0 Å². The van der Waals surface area contributed by atoms with Crippen LogP contribution in [-0.4, -0.2) is 5.91 Å². The molecule has 0 saturated carbocycles. The van der Waals surface area contributed by atoms with Crippen LogP contribution in [0.2, 0.25) is 0 Å². The summed E-state index contributed by atoms with van der Waals surface area (Å²) in [5.41, 5.74) is 13.5. The lowest BCUT2D eigenvalue weighted by Gasteiger charge is -2.02. The van der Waals surface area contributed by atoms with Gasteiger partial charge in [-0.1, -0.05) is 36.4 Å². The maximum Gasteiger partial charge on any atom is 0.249 e. The van der Waals surface area contributed by atoms with E-state index >= 15 is 0 Å². The molecule has 0 radical (unpaired) electrons. The van der Waals surface area contributed by atoms with Gasteiger partial charge in [-0.3, -0.25) is 4.79 Å². The van der Waals surface area contributed by atoms with E-state index in [1.54, 1.807) is 6.07 Å². The second-order valence-corrected chi connectivity index (χ2v) is 4.20. The van der Waals surface area contributed by atoms with Gasteiger partial charge in [-0.15, -0.1) is 0 Å². The molecule has 2 aromatic rings. The summed E-state index contributed by atoms with van der Waals surface area (Å²) in [6.07, 6.45) is 0.822. The molecule has 0 saturated heterocycles. The lowest BCUT2D eigenvalue weighted by atomic mass is 10.0. The monoisotopic (exact) mass is 235 g/mol. The Bertz CT molecular complexity index is 700. The Morgan fingerprint density at radius 1 is 1.11 bits per heavy atom. The quantitative estimate of drug-likeness (QED) is 0.360. The first-order chi connectivity index (χ1) is 8.79. The third-order valence-electron chi connectivity index (χ3n) is 3.18. The molecule has 18 heavy (non-hydrogen) atoms. The number of carbonyl (C=O) groups is 1. The van der Waals surface area contributed by atoms with Crippen LogP contribution < -0.4 is 0 Å². The third kappa shape index (κ3) is 1.56. The van der Waals surface area contributed by atoms with Crippen molar-refractivity contribution in [3.05, 3.63) is 69.6 Å². The minimum Gasteiger partial charge on any atom is -0.287 e. The summed E-state index contributed by atoms with van der Waals surface area (Å²) in [7, 11) is 0. The average molecular weight is 235 g/mol. The summed E-state index contributed by atoms with van der Waals surface area (Å²) in [5, 5.41) is 3.11. The first kappa shape index (κ1) is 10.6. The summed E-state index contributed by atoms with van der Waals surface area (Å²) >= 11 is 0. The highest BCUT2D eigenvalue weighted by atomic mass is 16.1. The second kappa shape index (κ2) is 4.02. The standard InChI is InChI=1S/C14H9N3O/c15-17-16-14(18)10-5-6-13-11(8-10)7-9-3-1-2-4-12(9)13/h1-6,8H,7H2. The Morgan fingerprint density at radius 3 is 2.72 bits per heavy atom. The molecule has 4 heteroatoms. The fourth-order valence-electron chi connectivity index (χ4n) is 2.38. The van der Waals surface area contributed by atoms with Gasteiger partial charge in [0, 0.05) is 10.5 Å². The van der Waals surface area contributed by atoms with Gasteiger partial charge < -0.3 is 0 Å². The highest BCUT2D eigenvalue weighted by molar-refractivity contribution is 5.96. The molecule has 4 nitrogen and oxygen atoms in total. The van der Waals surface area contributed by atoms with Crippen LogP contribution in [0.15, 0.2) is 47.6 Å². The molecule has 0 heterocycles. The van der Waals surface area contributed by atoms with Crippen LogP contribution in [0.4, 0.5) is 0 Å². The van der Waals surface area contributed by atoms with Crippen molar-refractivity contribution in [2.75, 3.05) is 0 Å². The lowest BCUT2D eigenvalue weighted by Crippen LogP contribution is -1.94. The molecule has 1 aliphatic carbocycles. The molecule has 0 bridgehead atoms. The molecule has 0 aliphatic heterocycles. The van der Waals surface area contributed by atoms with Crippen molar-refractivity contribution >= 4 is 5.91 Å². The number of benzene rings is 2. The zero-order valence-corrected chi connectivity index (χ0v) is 9.50. The van der Waals surface area contributed by atoms with Crippen molar-refractivity contribution in [2.45, 2.75) is 6.42 Å². The largest absolute Gasteiger partial charge is 0.287 e. The predicted octanol–water partition coefficient (Wildman–Crippen LogP) is 3.71. The molecule has 0 atom stereocenters. The Morgan fingerprint density at radius 2 is 1.89 bits per heavy atom. The smallest absolute Gasteiger partial charge is 0.249 e. The van der Waals surface area contributed by atoms with E-state index in [1.807, 2.05) is 24.3 Å². The molecule has 3 rings (SSSR count). The van der Waals surface area contributed by atoms with E-state index < -0.39 is 5.91 Å². The van der Waals surface area contributed by atoms with Crippen molar-refractivity contribution in [1.29, 1.82) is 0 Å². The van der Waals surface area contributed by atoms with Crippen LogP contribution in [0.1, 0.15) is 21.5 Å². The Balaban J connectivity index is 2.08. The van der Waals surface area contributed by atoms with E-state index in [-0.39, 0.29) is 0 Å². The number of azide groups is 1. The van der Waals surface area contributed by atoms with Gasteiger partial charge in [-0.25, -0.2) is 0 Å². The summed E-state index contributed by atoms with van der Waals surface area (Å²) < 4.78 is 0. The van der Waals surface area contributed by atoms with E-state index in [9.17, 15) is 4.79 Å². The number of nitrogens with zero attached hydrogens (tertiary/aromatic N) is 3. The molecule has 0 spiro atoms. The Hall–Kier alpha value is -2.58. The average Bonchev–Trinajstić information content (AvgIpc) is 2.76. The van der Waals surface area contributed by atoms with Gasteiger partial charge in [-0.2, -0.15) is 0 Å². The summed E-state index contributed by atoms with van der Waals surface area (Å²) in [5.74, 6) is -0.531. The van der Waals surface area contributed by atoms with Crippen LogP contribution in [0.3, 0.4) is 0 Å². The Kier molecular flexibility index (Phi) is 2.36. The lowest BCUT2D eigenvalue weighted by molar-refractivity contribution is 0.100. The summed E-state index contributed by atoms with van der Waals surface area (Å²) in [6.45, 7) is 0. The highest BCUT2D eigenvalue weighted by Crippen LogP contribution is 2.36. The summed E-state index contributed by atoms with van der Waals surface area (Å²) in [6, 6.07) is 13.6. The zero-order valence-electron chi connectivity index (χ0n) is 9.50. The number of rotatable bonds is 1. The number of carbonyl (C=O) groups excluding carboxylic acids is 1. The van der Waals surface area contributed by atoms with Crippen LogP contribution in [-0.2, 0) is 6.42 Å². The van der Waals surface area contributed by atoms with E-state index in [0.29, 0.717) is 5.56 Å². The maximum atomic E-state index is 11.5. The Labute approximate surface area is 104 Å². The maximum absolute atomic E-state index is 11.5. The van der Waals surface area contributed by atoms with Gasteiger partial charge in [0.05, 0.1) is 0 Å². The van der Waals surface area contributed by atoms with E-state index in [0.717, 1.165) is 17.5 Å². The molecule has 1 amide bonds. The predicted molar refractivity (Wildman–Crippen MR) is 68.2 cm³/mol. The summed E-state index contributed by atoms with van der Waals surface area (Å²) in [4.78, 5) is 14.0. The van der Waals surface area contributed by atoms with Crippen molar-refractivity contribution in [1.82, 2.24) is 0 Å². The van der Waals surface area contributed by atoms with Crippen molar-refractivity contribution in [3.63, 3.8) is 0 Å². The van der Waals surface area contributed by atoms with E-state index in [1.165, 1.54) is 11.1 Å². The molecule has 86 valence electrons. The van der Waals surface area contributed by atoms with Gasteiger partial charge in [0.25, 0.3) is 0 Å². The van der Waals surface area contributed by atoms with Crippen molar-refractivity contribution < 1.29 is 4.79 Å². The van der Waals surface area contributed by atoms with E-state index in [4.69, 9.17) is 5.53 Å². The fourth-order valence-corrected chi connectivity index (χ4v) is 2.38. The number of hydrogen-bond donors (Lipinski definition) is 0. The topological polar surface area (TPSA) is 65.8 Å². The second-order valence-electron chi connectivity index (χ2n) is 4.20. The van der Waals surface area contributed by atoms with Gasteiger partial charge in [0.2, 0.25) is 5.91 Å². The van der Waals surface area contributed by atoms with Crippen LogP contribution in [0, 0.1) is 0 Å². The zero-order chi connectivity index (χ0) is 12.5. The van der Waals surface area contributed by atoms with Crippen LogP contribution >= 0.6 is 0 Å². The number of hydrogen-bond acceptors (Lipinski definition) is 1. The SMILES string of the molecule is [N-]=[N+]=NC(=O)c1ccc2c(c1)Cc1ccccc1-2. The van der Waals surface area contributed by atoms with Crippen molar-refractivity contribution in [2.24, 2.45) is 5.11 Å². The molecular weight excluding hydrogens is 226 g/mol. The van der Waals surface area contributed by atoms with Gasteiger partial charge in [-0.05, 0) is 45.4 Å². The fraction of sp³-hybridized carbons (Fsp3) is 0.0714. The molecule has 2 aromatic carbocycles. The highest BCUT2D eigenvalue weighted by Gasteiger charge is 2.18. The van der Waals surface area contributed by atoms with Gasteiger partial charge in [0.1, 0.15) is 0 Å². The normalized spacial score (nSPS) is 11.3. The molecule has 0 fully saturated rings. The minimum atomic E-state index is -0.531. The number of amides is 1. The van der Waals surface area contributed by atoms with Crippen LogP contribution in [0.25, 0.3) is 21.6 Å². The van der Waals surface area contributed by atoms with E-state index in [2.05, 4.69) is 22.2 Å². The first-order valence-corrected chi connectivity index (χ1v) is 5.60. The number of fused-ring (bicyclic) bond motifs is 3. The van der Waals surface area contributed by atoms with Gasteiger partial charge >= 0.3 is 0 Å².